The zero-order valence-corrected chi connectivity index (χ0v) is 13.1. The highest BCUT2D eigenvalue weighted by atomic mass is 16.7. The maximum absolute atomic E-state index is 12.8. The number of hydrogen-bond acceptors (Lipinski definition) is 7. The fourth-order valence-corrected chi connectivity index (χ4v) is 3.21. The molecule has 22 heavy (non-hydrogen) atoms. The number of rotatable bonds is 4. The van der Waals surface area contributed by atoms with Crippen LogP contribution in [-0.2, 0) is 33.3 Å². The highest BCUT2D eigenvalue weighted by Crippen LogP contribution is 2.49. The molecule has 0 spiro atoms. The van der Waals surface area contributed by atoms with Crippen molar-refractivity contribution < 1.29 is 33.3 Å². The lowest BCUT2D eigenvalue weighted by atomic mass is 9.63. The number of methoxy groups -OCH3 is 4. The van der Waals surface area contributed by atoms with E-state index in [1.165, 1.54) is 28.4 Å². The van der Waals surface area contributed by atoms with Crippen LogP contribution in [0.5, 0.6) is 0 Å². The van der Waals surface area contributed by atoms with Gasteiger partial charge in [-0.2, -0.15) is 0 Å². The van der Waals surface area contributed by atoms with Crippen molar-refractivity contribution in [2.24, 2.45) is 11.8 Å². The molecule has 3 aliphatic carbocycles. The molecule has 3 aliphatic rings. The van der Waals surface area contributed by atoms with E-state index in [1.807, 2.05) is 0 Å². The van der Waals surface area contributed by atoms with E-state index in [4.69, 9.17) is 18.9 Å². The van der Waals surface area contributed by atoms with Gasteiger partial charge in [-0.25, -0.2) is 9.59 Å². The fraction of sp³-hybridized carbons (Fsp3) is 0.533. The Balaban J connectivity index is 2.76. The van der Waals surface area contributed by atoms with E-state index in [0.717, 1.165) is 0 Å². The van der Waals surface area contributed by atoms with Crippen molar-refractivity contribution in [2.75, 3.05) is 28.4 Å². The van der Waals surface area contributed by atoms with Crippen LogP contribution in [0.15, 0.2) is 22.8 Å². The Morgan fingerprint density at radius 2 is 1.50 bits per heavy atom. The van der Waals surface area contributed by atoms with E-state index >= 15 is 0 Å². The van der Waals surface area contributed by atoms with Crippen molar-refractivity contribution in [1.29, 1.82) is 0 Å². The summed E-state index contributed by atoms with van der Waals surface area (Å²) in [4.78, 5) is 37.1. The van der Waals surface area contributed by atoms with Crippen molar-refractivity contribution in [3.05, 3.63) is 22.8 Å². The quantitative estimate of drug-likeness (QED) is 0.422. The van der Waals surface area contributed by atoms with E-state index in [1.54, 1.807) is 13.0 Å². The van der Waals surface area contributed by atoms with Gasteiger partial charge in [0.25, 0.3) is 0 Å². The predicted molar refractivity (Wildman–Crippen MR) is 73.6 cm³/mol. The summed E-state index contributed by atoms with van der Waals surface area (Å²) in [6.07, 6.45) is 1.69. The van der Waals surface area contributed by atoms with E-state index < -0.39 is 35.3 Å². The minimum atomic E-state index is -1.65. The summed E-state index contributed by atoms with van der Waals surface area (Å²) in [5, 5.41) is 0. The molecule has 0 fully saturated rings. The van der Waals surface area contributed by atoms with Crippen LogP contribution in [0.4, 0.5) is 0 Å². The first kappa shape index (κ1) is 16.4. The highest BCUT2D eigenvalue weighted by Gasteiger charge is 2.61. The summed E-state index contributed by atoms with van der Waals surface area (Å²) in [7, 11) is 5.03. The van der Waals surface area contributed by atoms with Crippen molar-refractivity contribution in [3.63, 3.8) is 0 Å². The number of hydrogen-bond donors (Lipinski definition) is 0. The Labute approximate surface area is 127 Å². The van der Waals surface area contributed by atoms with Crippen molar-refractivity contribution in [3.8, 4) is 0 Å². The van der Waals surface area contributed by atoms with Crippen molar-refractivity contribution in [2.45, 2.75) is 12.7 Å². The lowest BCUT2D eigenvalue weighted by Crippen LogP contribution is -2.60. The molecule has 120 valence electrons. The molecule has 0 saturated carbocycles. The largest absolute Gasteiger partial charge is 0.466 e. The van der Waals surface area contributed by atoms with Gasteiger partial charge in [0, 0.05) is 14.2 Å². The van der Waals surface area contributed by atoms with E-state index in [2.05, 4.69) is 0 Å². The molecule has 0 unspecified atom stereocenters. The molecule has 2 atom stereocenters. The number of ether oxygens (including phenoxy) is 4. The molecule has 0 radical (unpaired) electrons. The lowest BCUT2D eigenvalue weighted by Gasteiger charge is -2.46. The Bertz CT molecular complexity index is 595. The van der Waals surface area contributed by atoms with Crippen LogP contribution in [0.25, 0.3) is 0 Å². The molecule has 7 heteroatoms. The molecule has 0 aromatic rings. The van der Waals surface area contributed by atoms with E-state index in [9.17, 15) is 14.4 Å². The summed E-state index contributed by atoms with van der Waals surface area (Å²) in [6, 6.07) is 0. The number of carbonyl (C=O) groups is 3. The second kappa shape index (κ2) is 5.66. The molecule has 7 nitrogen and oxygen atoms in total. The van der Waals surface area contributed by atoms with Crippen LogP contribution in [0.2, 0.25) is 0 Å². The Kier molecular flexibility index (Phi) is 4.21. The normalized spacial score (nSPS) is 25.9. The van der Waals surface area contributed by atoms with Gasteiger partial charge in [0.15, 0.2) is 0 Å². The first-order valence-electron chi connectivity index (χ1n) is 6.63. The number of Topliss-reactive ketones (excluding diaryl/α,β-unsaturated/α-hetero) is 1. The molecular weight excluding hydrogens is 292 g/mol. The molecule has 0 aliphatic heterocycles. The van der Waals surface area contributed by atoms with Crippen molar-refractivity contribution >= 4 is 17.7 Å². The topological polar surface area (TPSA) is 88.1 Å². The highest BCUT2D eigenvalue weighted by molar-refractivity contribution is 6.12. The van der Waals surface area contributed by atoms with Crippen LogP contribution < -0.4 is 0 Å². The predicted octanol–water partition coefficient (Wildman–Crippen LogP) is 0.393. The molecule has 0 saturated heterocycles. The number of carbonyl (C=O) groups excluding carboxylic acids is 3. The third-order valence-corrected chi connectivity index (χ3v) is 4.21. The van der Waals surface area contributed by atoms with Gasteiger partial charge in [0.05, 0.1) is 37.2 Å². The smallest absolute Gasteiger partial charge is 0.335 e. The van der Waals surface area contributed by atoms with Gasteiger partial charge >= 0.3 is 11.9 Å². The zero-order chi connectivity index (χ0) is 16.7. The van der Waals surface area contributed by atoms with Gasteiger partial charge in [-0.05, 0) is 6.92 Å². The molecule has 0 aromatic carbocycles. The monoisotopic (exact) mass is 310 g/mol. The summed E-state index contributed by atoms with van der Waals surface area (Å²) in [5.41, 5.74) is 0.676. The minimum absolute atomic E-state index is 0.00549. The van der Waals surface area contributed by atoms with Crippen LogP contribution in [0.1, 0.15) is 6.92 Å². The van der Waals surface area contributed by atoms with Crippen LogP contribution in [0, 0.1) is 11.8 Å². The average Bonchev–Trinajstić information content (AvgIpc) is 2.53. The second-order valence-corrected chi connectivity index (χ2v) is 5.07. The van der Waals surface area contributed by atoms with Gasteiger partial charge < -0.3 is 18.9 Å². The molecule has 2 bridgehead atoms. The Morgan fingerprint density at radius 3 is 1.95 bits per heavy atom. The van der Waals surface area contributed by atoms with Crippen LogP contribution >= 0.6 is 0 Å². The van der Waals surface area contributed by atoms with Crippen LogP contribution in [-0.4, -0.2) is 51.9 Å². The number of fused-ring (bicyclic) bond motifs is 1. The van der Waals surface area contributed by atoms with Crippen LogP contribution in [0.3, 0.4) is 0 Å². The Hall–Kier alpha value is -1.99. The molecular formula is C15H18O7. The number of allylic oxidation sites excluding steroid dienone is 1. The first-order chi connectivity index (χ1) is 10.4. The first-order valence-corrected chi connectivity index (χ1v) is 6.63. The van der Waals surface area contributed by atoms with Gasteiger partial charge in [-0.3, -0.25) is 4.79 Å². The van der Waals surface area contributed by atoms with Crippen molar-refractivity contribution in [1.82, 2.24) is 0 Å². The van der Waals surface area contributed by atoms with E-state index in [0.29, 0.717) is 5.57 Å². The summed E-state index contributed by atoms with van der Waals surface area (Å²) in [6.45, 7) is 1.71. The third kappa shape index (κ3) is 1.93. The summed E-state index contributed by atoms with van der Waals surface area (Å²) in [5.74, 6) is -5.36. The van der Waals surface area contributed by atoms with Gasteiger partial charge in [-0.15, -0.1) is 0 Å². The molecule has 0 amide bonds. The molecule has 0 N–H and O–H groups in total. The molecule has 0 aromatic heterocycles. The maximum atomic E-state index is 12.8. The molecule has 0 heterocycles. The fourth-order valence-electron chi connectivity index (χ4n) is 3.21. The van der Waals surface area contributed by atoms with Gasteiger partial charge in [0.1, 0.15) is 0 Å². The van der Waals surface area contributed by atoms with Gasteiger partial charge in [0.2, 0.25) is 11.6 Å². The second-order valence-electron chi connectivity index (χ2n) is 5.07. The number of ketones is 1. The summed E-state index contributed by atoms with van der Waals surface area (Å²) < 4.78 is 20.1. The lowest BCUT2D eigenvalue weighted by molar-refractivity contribution is -0.226. The zero-order valence-electron chi connectivity index (χ0n) is 13.1. The number of esters is 2. The van der Waals surface area contributed by atoms with Gasteiger partial charge in [-0.1, -0.05) is 11.6 Å². The standard InChI is InChI=1S/C15H18O7/c1-7-6-8-10(13(17)19-2)11(14(18)20-3)9(7)12(16)15(8,21-4)22-5/h6,8-9H,1-5H3/t8-,9+/m1/s1. The average molecular weight is 310 g/mol. The Morgan fingerprint density at radius 1 is 1.00 bits per heavy atom. The SMILES string of the molecule is COC(=O)C1=C(C(=O)OC)[C@H]2C=C(C)[C@@H]1C(=O)C2(OC)OC. The minimum Gasteiger partial charge on any atom is -0.466 e. The van der Waals surface area contributed by atoms with E-state index in [-0.39, 0.29) is 11.1 Å². The maximum Gasteiger partial charge on any atom is 0.335 e. The summed E-state index contributed by atoms with van der Waals surface area (Å²) >= 11 is 0. The molecule has 3 rings (SSSR count). The third-order valence-electron chi connectivity index (χ3n) is 4.21.